The van der Waals surface area contributed by atoms with E-state index in [1.807, 2.05) is 39.0 Å². The number of aliphatic hydroxyl groups excluding tert-OH is 2. The van der Waals surface area contributed by atoms with E-state index in [1.54, 1.807) is 17.4 Å². The van der Waals surface area contributed by atoms with Crippen molar-refractivity contribution in [3.8, 4) is 0 Å². The molecule has 228 valence electrons. The topological polar surface area (TPSA) is 109 Å². The maximum atomic E-state index is 13.9. The predicted octanol–water partition coefficient (Wildman–Crippen LogP) is 6.33. The van der Waals surface area contributed by atoms with E-state index in [2.05, 4.69) is 24.6 Å². The van der Waals surface area contributed by atoms with E-state index in [9.17, 15) is 19.8 Å². The lowest BCUT2D eigenvalue weighted by Gasteiger charge is -2.46. The summed E-state index contributed by atoms with van der Waals surface area (Å²) in [4.78, 5) is 31.9. The van der Waals surface area contributed by atoms with Crippen LogP contribution in [-0.2, 0) is 19.1 Å². The number of rotatable bonds is 4. The van der Waals surface area contributed by atoms with Crippen LogP contribution in [0.2, 0.25) is 0 Å². The van der Waals surface area contributed by atoms with Gasteiger partial charge in [-0.1, -0.05) is 38.0 Å². The lowest BCUT2D eigenvalue weighted by atomic mass is 9.58. The molecule has 1 aliphatic carbocycles. The zero-order chi connectivity index (χ0) is 30.2. The van der Waals surface area contributed by atoms with Gasteiger partial charge in [-0.15, -0.1) is 17.9 Å². The maximum Gasteiger partial charge on any atom is 0.309 e. The zero-order valence-corrected chi connectivity index (χ0v) is 26.1. The second-order valence-corrected chi connectivity index (χ2v) is 14.3. The Balaban J connectivity index is 1.42. The molecule has 8 heteroatoms. The highest BCUT2D eigenvalue weighted by atomic mass is 32.1. The van der Waals surface area contributed by atoms with Crippen LogP contribution in [0, 0.1) is 24.2 Å². The number of carbonyl (C=O) groups excluding carboxylic acids is 2. The minimum Gasteiger partial charge on any atom is -0.458 e. The Morgan fingerprint density at radius 2 is 1.98 bits per heavy atom. The van der Waals surface area contributed by atoms with Gasteiger partial charge in [-0.2, -0.15) is 0 Å². The largest absolute Gasteiger partial charge is 0.458 e. The fourth-order valence-corrected chi connectivity index (χ4v) is 7.80. The van der Waals surface area contributed by atoms with Crippen LogP contribution >= 0.6 is 11.3 Å². The second-order valence-electron chi connectivity index (χ2n) is 13.1. The Morgan fingerprint density at radius 1 is 1.21 bits per heavy atom. The molecule has 2 N–H and O–H groups in total. The molecule has 5 rings (SSSR count). The fraction of sp³-hybridized carbons (Fsp3) is 0.618. The molecule has 0 bridgehead atoms. The van der Waals surface area contributed by atoms with E-state index < -0.39 is 35.6 Å². The number of carbonyl (C=O) groups is 2. The summed E-state index contributed by atoms with van der Waals surface area (Å²) >= 11 is 1.66. The molecule has 1 spiro atoms. The molecule has 0 radical (unpaired) electrons. The molecular weight excluding hydrogens is 550 g/mol. The summed E-state index contributed by atoms with van der Waals surface area (Å²) in [5.74, 6) is -1.44. The molecule has 2 aliphatic heterocycles. The number of hydrogen-bond donors (Lipinski definition) is 2. The number of aromatic nitrogens is 1. The predicted molar refractivity (Wildman–Crippen MR) is 165 cm³/mol. The van der Waals surface area contributed by atoms with Crippen molar-refractivity contribution in [2.24, 2.45) is 17.3 Å². The van der Waals surface area contributed by atoms with E-state index in [0.717, 1.165) is 52.0 Å². The third-order valence-corrected chi connectivity index (χ3v) is 10.9. The summed E-state index contributed by atoms with van der Waals surface area (Å²) in [6.07, 6.45) is 5.92. The van der Waals surface area contributed by atoms with E-state index in [4.69, 9.17) is 9.47 Å². The van der Waals surface area contributed by atoms with Gasteiger partial charge in [0.05, 0.1) is 51.0 Å². The molecule has 7 nitrogen and oxygen atoms in total. The van der Waals surface area contributed by atoms with Crippen molar-refractivity contribution in [2.75, 3.05) is 0 Å². The lowest BCUT2D eigenvalue weighted by Crippen LogP contribution is -2.53. The fourth-order valence-electron chi connectivity index (χ4n) is 6.99. The molecule has 3 fully saturated rings. The average molecular weight is 596 g/mol. The van der Waals surface area contributed by atoms with Gasteiger partial charge in [0.1, 0.15) is 11.9 Å². The quantitative estimate of drug-likeness (QED) is 0.241. The monoisotopic (exact) mass is 595 g/mol. The van der Waals surface area contributed by atoms with Gasteiger partial charge in [-0.25, -0.2) is 4.98 Å². The maximum absolute atomic E-state index is 13.9. The van der Waals surface area contributed by atoms with Gasteiger partial charge >= 0.3 is 5.97 Å². The molecule has 1 aromatic heterocycles. The Bertz CT molecular complexity index is 1360. The number of aryl methyl sites for hydroxylation is 1. The number of ether oxygens (including phenoxy) is 2. The first-order chi connectivity index (χ1) is 20.0. The Morgan fingerprint density at radius 3 is 2.67 bits per heavy atom. The number of epoxide rings is 1. The minimum atomic E-state index is -1.17. The molecule has 2 saturated heterocycles. The Hall–Kier alpha value is -2.39. The van der Waals surface area contributed by atoms with Crippen LogP contribution in [-0.4, -0.2) is 57.0 Å². The summed E-state index contributed by atoms with van der Waals surface area (Å²) in [5, 5.41) is 23.6. The summed E-state index contributed by atoms with van der Waals surface area (Å²) in [6, 6.07) is 6.15. The first-order valence-corrected chi connectivity index (χ1v) is 16.2. The van der Waals surface area contributed by atoms with E-state index in [1.165, 1.54) is 0 Å². The van der Waals surface area contributed by atoms with Crippen LogP contribution in [0.1, 0.15) is 89.1 Å². The van der Waals surface area contributed by atoms with Crippen molar-refractivity contribution in [2.45, 2.75) is 115 Å². The van der Waals surface area contributed by atoms with Gasteiger partial charge in [0.25, 0.3) is 0 Å². The number of benzene rings is 1. The molecule has 3 aliphatic rings. The van der Waals surface area contributed by atoms with Crippen molar-refractivity contribution < 1.29 is 29.3 Å². The number of nitrogens with zero attached hydrogens (tertiary/aromatic N) is 1. The smallest absolute Gasteiger partial charge is 0.309 e. The number of cyclic esters (lactones) is 1. The first-order valence-electron chi connectivity index (χ1n) is 15.4. The van der Waals surface area contributed by atoms with E-state index in [-0.39, 0.29) is 29.8 Å². The third kappa shape index (κ3) is 6.28. The van der Waals surface area contributed by atoms with Crippen molar-refractivity contribution >= 4 is 39.4 Å². The van der Waals surface area contributed by atoms with E-state index in [0.29, 0.717) is 25.7 Å². The normalized spacial score (nSPS) is 34.5. The number of esters is 1. The zero-order valence-electron chi connectivity index (χ0n) is 25.3. The average Bonchev–Trinajstić information content (AvgIpc) is 3.37. The minimum absolute atomic E-state index is 0.0616. The molecule has 42 heavy (non-hydrogen) atoms. The summed E-state index contributed by atoms with van der Waals surface area (Å²) in [5.41, 5.74) is 1.45. The number of allylic oxidation sites excluding steroid dienone is 1. The highest BCUT2D eigenvalue weighted by molar-refractivity contribution is 7.18. The molecule has 7 atom stereocenters. The standard InChI is InChI=1S/C34H45NO6S/c1-6-9-24-31(38)20(2)10-7-13-33(5)29(41-33)18-26(40-30(37)19-28(36)34(32(24)39)14-8-15-34)21(3)16-23-11-12-27-25(17-23)35-22(4)42-27/h6,11-12,16-17,20,24,26,28-29,31,36,38H,1,7-10,13-15,18-19H2,2-5H3/b21-16+/t20-,24+,26-,28-,29?,31-,33?/m0/s1. The van der Waals surface area contributed by atoms with Crippen molar-refractivity contribution in [3.63, 3.8) is 0 Å². The van der Waals surface area contributed by atoms with Crippen LogP contribution < -0.4 is 0 Å². The number of fused-ring (bicyclic) bond motifs is 2. The van der Waals surface area contributed by atoms with Gasteiger partial charge in [0.15, 0.2) is 0 Å². The molecule has 1 aromatic carbocycles. The number of Topliss-reactive ketones (excluding diaryl/α,β-unsaturated/α-hetero) is 1. The van der Waals surface area contributed by atoms with Crippen LogP contribution in [0.25, 0.3) is 16.3 Å². The van der Waals surface area contributed by atoms with Gasteiger partial charge in [0, 0.05) is 12.3 Å². The highest BCUT2D eigenvalue weighted by Crippen LogP contribution is 2.49. The lowest BCUT2D eigenvalue weighted by molar-refractivity contribution is -0.162. The van der Waals surface area contributed by atoms with Crippen LogP contribution in [0.5, 0.6) is 0 Å². The van der Waals surface area contributed by atoms with Crippen molar-refractivity contribution in [1.29, 1.82) is 0 Å². The van der Waals surface area contributed by atoms with E-state index >= 15 is 0 Å². The first kappa shape index (κ1) is 31.0. The summed E-state index contributed by atoms with van der Waals surface area (Å²) in [6.45, 7) is 11.9. The van der Waals surface area contributed by atoms with Crippen LogP contribution in [0.3, 0.4) is 0 Å². The molecule has 3 heterocycles. The number of ketones is 1. The molecular formula is C34H45NO6S. The Labute approximate surface area is 253 Å². The van der Waals surface area contributed by atoms with Crippen molar-refractivity contribution in [1.82, 2.24) is 4.98 Å². The Kier molecular flexibility index (Phi) is 9.10. The molecule has 2 aromatic rings. The number of thiazole rings is 1. The van der Waals surface area contributed by atoms with Gasteiger partial charge in [-0.3, -0.25) is 9.59 Å². The van der Waals surface area contributed by atoms with Crippen LogP contribution in [0.4, 0.5) is 0 Å². The molecule has 2 unspecified atom stereocenters. The molecule has 0 amide bonds. The summed E-state index contributed by atoms with van der Waals surface area (Å²) in [7, 11) is 0. The van der Waals surface area contributed by atoms with Crippen molar-refractivity contribution in [3.05, 3.63) is 47.0 Å². The second kappa shape index (κ2) is 12.3. The van der Waals surface area contributed by atoms with Gasteiger partial charge in [0.2, 0.25) is 0 Å². The number of hydrogen-bond acceptors (Lipinski definition) is 8. The number of aliphatic hydroxyl groups is 2. The van der Waals surface area contributed by atoms with Gasteiger partial charge < -0.3 is 19.7 Å². The third-order valence-electron chi connectivity index (χ3n) is 9.98. The highest BCUT2D eigenvalue weighted by Gasteiger charge is 2.55. The summed E-state index contributed by atoms with van der Waals surface area (Å²) < 4.78 is 13.4. The molecule has 1 saturated carbocycles. The van der Waals surface area contributed by atoms with Gasteiger partial charge in [-0.05, 0) is 82.1 Å². The SMILES string of the molecule is C=CC[C@H]1C(=O)C2(CCC2)[C@@H](O)CC(=O)O[C@H](/C(C)=C/c2ccc3sc(C)nc3c2)CC2OC2(C)CCC[C@H](C)[C@@H]1O. The van der Waals surface area contributed by atoms with Crippen LogP contribution in [0.15, 0.2) is 36.4 Å².